The molecule has 0 radical (unpaired) electrons. The number of anilines is 2. The van der Waals surface area contributed by atoms with Gasteiger partial charge in [-0.15, -0.1) is 0 Å². The summed E-state index contributed by atoms with van der Waals surface area (Å²) in [6.07, 6.45) is 1.12. The minimum absolute atomic E-state index is 0.00495. The van der Waals surface area contributed by atoms with Crippen molar-refractivity contribution in [3.8, 4) is 0 Å². The molecule has 0 amide bonds. The molecule has 10 heteroatoms. The second-order valence-corrected chi connectivity index (χ2v) is 7.41. The zero-order valence-electron chi connectivity index (χ0n) is 14.0. The van der Waals surface area contributed by atoms with E-state index in [0.29, 0.717) is 3.57 Å². The molecule has 0 spiro atoms. The number of nitrogens with zero attached hydrogens (tertiary/aromatic N) is 2. The van der Waals surface area contributed by atoms with Crippen molar-refractivity contribution in [1.82, 2.24) is 9.13 Å². The third-order valence-electron chi connectivity index (χ3n) is 4.05. The van der Waals surface area contributed by atoms with Crippen LogP contribution in [0.1, 0.15) is 10.4 Å². The molecule has 0 unspecified atom stereocenters. The van der Waals surface area contributed by atoms with E-state index in [0.717, 1.165) is 10.8 Å². The summed E-state index contributed by atoms with van der Waals surface area (Å²) < 4.78 is 17.4. The monoisotopic (exact) mass is 503 g/mol. The molecule has 2 N–H and O–H groups in total. The normalized spacial score (nSPS) is 11.0. The predicted octanol–water partition coefficient (Wildman–Crippen LogP) is 3.08. The van der Waals surface area contributed by atoms with Crippen molar-refractivity contribution in [2.45, 2.75) is 0 Å². The molecule has 1 aromatic carbocycles. The molecule has 0 aliphatic rings. The molecule has 0 atom stereocenters. The van der Waals surface area contributed by atoms with Crippen LogP contribution in [-0.2, 0) is 14.1 Å². The van der Waals surface area contributed by atoms with Gasteiger partial charge in [0.05, 0.1) is 16.8 Å². The molecule has 0 fully saturated rings. The second-order valence-electron chi connectivity index (χ2n) is 5.79. The number of halogens is 3. The summed E-state index contributed by atoms with van der Waals surface area (Å²) in [4.78, 5) is 36.7. The van der Waals surface area contributed by atoms with Crippen LogP contribution in [0.4, 0.5) is 15.8 Å². The topological polar surface area (TPSA) is 93.3 Å². The highest BCUT2D eigenvalue weighted by atomic mass is 127. The first kappa shape index (κ1) is 19.4. The fourth-order valence-electron chi connectivity index (χ4n) is 2.81. The molecule has 0 saturated carbocycles. The summed E-state index contributed by atoms with van der Waals surface area (Å²) in [7, 11) is 2.91. The van der Waals surface area contributed by atoms with Crippen LogP contribution >= 0.6 is 34.2 Å². The molecule has 2 heterocycles. The number of hydrogen-bond acceptors (Lipinski definition) is 4. The van der Waals surface area contributed by atoms with Crippen molar-refractivity contribution in [3.05, 3.63) is 64.9 Å². The van der Waals surface area contributed by atoms with Gasteiger partial charge in [-0.1, -0.05) is 11.6 Å². The Morgan fingerprint density at radius 1 is 1.30 bits per heavy atom. The minimum Gasteiger partial charge on any atom is -0.477 e. The summed E-state index contributed by atoms with van der Waals surface area (Å²) in [6, 6.07) is 4.33. The summed E-state index contributed by atoms with van der Waals surface area (Å²) in [6.45, 7) is 0. The van der Waals surface area contributed by atoms with Gasteiger partial charge in [0.2, 0.25) is 5.43 Å². The number of nitrogens with one attached hydrogen (secondary N) is 1. The number of pyridine rings is 2. The fourth-order valence-corrected chi connectivity index (χ4v) is 3.53. The van der Waals surface area contributed by atoms with E-state index < -0.39 is 28.3 Å². The number of aromatic carboxylic acids is 1. The summed E-state index contributed by atoms with van der Waals surface area (Å²) in [5.74, 6) is -2.04. The third kappa shape index (κ3) is 3.21. The lowest BCUT2D eigenvalue weighted by atomic mass is 10.1. The molecule has 3 rings (SSSR count). The smallest absolute Gasteiger partial charge is 0.341 e. The number of carboxylic acids is 1. The highest BCUT2D eigenvalue weighted by molar-refractivity contribution is 14.1. The van der Waals surface area contributed by atoms with Crippen molar-refractivity contribution in [1.29, 1.82) is 0 Å². The van der Waals surface area contributed by atoms with Gasteiger partial charge < -0.3 is 15.0 Å². The highest BCUT2D eigenvalue weighted by Crippen LogP contribution is 2.30. The molecule has 0 aliphatic carbocycles. The first-order valence-electron chi connectivity index (χ1n) is 7.50. The van der Waals surface area contributed by atoms with Crippen LogP contribution in [0.25, 0.3) is 11.0 Å². The van der Waals surface area contributed by atoms with Crippen LogP contribution in [0.3, 0.4) is 0 Å². The summed E-state index contributed by atoms with van der Waals surface area (Å²) >= 11 is 8.09. The maximum atomic E-state index is 14.3. The van der Waals surface area contributed by atoms with Gasteiger partial charge in [-0.05, 0) is 40.8 Å². The SMILES string of the molecule is Cn1cc(C(=O)O)c(=O)c2c(Nc3ccc(I)cc3F)c(Cl)c(=O)n(C)c21. The number of carboxylic acid groups (broad SMARTS) is 1. The van der Waals surface area contributed by atoms with E-state index in [2.05, 4.69) is 5.32 Å². The Balaban J connectivity index is 2.45. The van der Waals surface area contributed by atoms with Crippen molar-refractivity contribution in [2.24, 2.45) is 14.1 Å². The number of rotatable bonds is 3. The van der Waals surface area contributed by atoms with Crippen LogP contribution in [-0.4, -0.2) is 20.2 Å². The van der Waals surface area contributed by atoms with Crippen molar-refractivity contribution >= 4 is 62.6 Å². The van der Waals surface area contributed by atoms with Crippen molar-refractivity contribution < 1.29 is 14.3 Å². The van der Waals surface area contributed by atoms with Gasteiger partial charge in [0.1, 0.15) is 22.1 Å². The van der Waals surface area contributed by atoms with Gasteiger partial charge in [0.25, 0.3) is 5.56 Å². The van der Waals surface area contributed by atoms with Gasteiger partial charge in [-0.3, -0.25) is 14.2 Å². The number of aryl methyl sites for hydroxylation is 2. The molecule has 7 nitrogen and oxygen atoms in total. The lowest BCUT2D eigenvalue weighted by Gasteiger charge is -2.17. The number of aromatic nitrogens is 2. The average Bonchev–Trinajstić information content (AvgIpc) is 2.60. The van der Waals surface area contributed by atoms with E-state index in [1.54, 1.807) is 6.07 Å². The molecule has 0 aliphatic heterocycles. The molecule has 0 saturated heterocycles. The van der Waals surface area contributed by atoms with Crippen LogP contribution in [0.15, 0.2) is 34.0 Å². The molecule has 0 bridgehead atoms. The Morgan fingerprint density at radius 3 is 2.56 bits per heavy atom. The largest absolute Gasteiger partial charge is 0.477 e. The molecule has 3 aromatic rings. The fraction of sp³-hybridized carbons (Fsp3) is 0.118. The highest BCUT2D eigenvalue weighted by Gasteiger charge is 2.23. The zero-order chi connectivity index (χ0) is 20.0. The molecular weight excluding hydrogens is 492 g/mol. The molecule has 2 aromatic heterocycles. The van der Waals surface area contributed by atoms with E-state index in [1.165, 1.54) is 30.8 Å². The van der Waals surface area contributed by atoms with Gasteiger partial charge in [0.15, 0.2) is 0 Å². The summed E-state index contributed by atoms with van der Waals surface area (Å²) in [5.41, 5.74) is -1.94. The Morgan fingerprint density at radius 2 is 1.96 bits per heavy atom. The quantitative estimate of drug-likeness (QED) is 0.536. The standard InChI is InChI=1S/C17H12ClFIN3O4/c1-22-6-8(17(26)27)14(24)11-13(12(18)16(25)23(2)15(11)22)21-10-4-3-7(20)5-9(10)19/h3-6,21H,1-2H3,(H,26,27). The van der Waals surface area contributed by atoms with Gasteiger partial charge >= 0.3 is 5.97 Å². The first-order chi connectivity index (χ1) is 12.6. The molecule has 27 heavy (non-hydrogen) atoms. The van der Waals surface area contributed by atoms with Crippen molar-refractivity contribution in [3.63, 3.8) is 0 Å². The van der Waals surface area contributed by atoms with Crippen LogP contribution in [0.2, 0.25) is 5.02 Å². The van der Waals surface area contributed by atoms with Gasteiger partial charge in [-0.2, -0.15) is 0 Å². The predicted molar refractivity (Wildman–Crippen MR) is 109 cm³/mol. The maximum Gasteiger partial charge on any atom is 0.341 e. The molecular formula is C17H12ClFIN3O4. The van der Waals surface area contributed by atoms with Crippen molar-refractivity contribution in [2.75, 3.05) is 5.32 Å². The first-order valence-corrected chi connectivity index (χ1v) is 8.96. The Hall–Kier alpha value is -2.40. The average molecular weight is 504 g/mol. The van der Waals surface area contributed by atoms with E-state index in [-0.39, 0.29) is 27.4 Å². The zero-order valence-corrected chi connectivity index (χ0v) is 16.9. The number of benzene rings is 1. The van der Waals surface area contributed by atoms with E-state index >= 15 is 0 Å². The van der Waals surface area contributed by atoms with E-state index in [4.69, 9.17) is 11.6 Å². The van der Waals surface area contributed by atoms with E-state index in [1.807, 2.05) is 22.6 Å². The second kappa shape index (κ2) is 6.97. The lowest BCUT2D eigenvalue weighted by Crippen LogP contribution is -2.27. The number of fused-ring (bicyclic) bond motifs is 1. The van der Waals surface area contributed by atoms with Gasteiger partial charge in [0, 0.05) is 23.9 Å². The number of carbonyl (C=O) groups is 1. The number of hydrogen-bond donors (Lipinski definition) is 2. The lowest BCUT2D eigenvalue weighted by molar-refractivity contribution is 0.0695. The maximum absolute atomic E-state index is 14.3. The van der Waals surface area contributed by atoms with Crippen LogP contribution in [0.5, 0.6) is 0 Å². The Labute approximate surface area is 170 Å². The van der Waals surface area contributed by atoms with E-state index in [9.17, 15) is 23.9 Å². The third-order valence-corrected chi connectivity index (χ3v) is 5.07. The van der Waals surface area contributed by atoms with Gasteiger partial charge in [-0.25, -0.2) is 9.18 Å². The molecule has 140 valence electrons. The van der Waals surface area contributed by atoms with Crippen LogP contribution in [0, 0.1) is 9.39 Å². The Bertz CT molecular complexity index is 1240. The minimum atomic E-state index is -1.42. The van der Waals surface area contributed by atoms with Crippen LogP contribution < -0.4 is 16.3 Å². The summed E-state index contributed by atoms with van der Waals surface area (Å²) in [5, 5.41) is 11.5. The Kier molecular flexibility index (Phi) is 5.00.